The molecule has 4 heteroatoms. The van der Waals surface area contributed by atoms with Crippen molar-refractivity contribution in [2.45, 2.75) is 33.6 Å². The van der Waals surface area contributed by atoms with E-state index in [0.29, 0.717) is 5.92 Å². The summed E-state index contributed by atoms with van der Waals surface area (Å²) in [5.74, 6) is 0.590. The number of anilines is 1. The van der Waals surface area contributed by atoms with E-state index in [-0.39, 0.29) is 0 Å². The van der Waals surface area contributed by atoms with E-state index in [1.807, 2.05) is 0 Å². The van der Waals surface area contributed by atoms with Gasteiger partial charge in [-0.05, 0) is 18.8 Å². The number of aromatic nitrogens is 1. The minimum Gasteiger partial charge on any atom is -0.395 e. The zero-order valence-corrected chi connectivity index (χ0v) is 10.1. The van der Waals surface area contributed by atoms with Crippen LogP contribution in [0.4, 0.5) is 5.69 Å². The number of nitrogen functional groups attached to an aromatic ring is 1. The number of hydrogen-bond donors (Lipinski definition) is 1. The van der Waals surface area contributed by atoms with Gasteiger partial charge in [0.2, 0.25) is 5.58 Å². The molecule has 0 aromatic carbocycles. The van der Waals surface area contributed by atoms with Crippen molar-refractivity contribution in [3.63, 3.8) is 0 Å². The highest BCUT2D eigenvalue weighted by Gasteiger charge is 2.17. The molecule has 2 aromatic heterocycles. The highest BCUT2D eigenvalue weighted by atomic mass is 32.1. The molecule has 3 nitrogen and oxygen atoms in total. The number of aryl methyl sites for hydroxylation is 1. The monoisotopic (exact) mass is 224 g/mol. The second kappa shape index (κ2) is 3.85. The fourth-order valence-electron chi connectivity index (χ4n) is 1.68. The van der Waals surface area contributed by atoms with Crippen LogP contribution in [0.2, 0.25) is 0 Å². The quantitative estimate of drug-likeness (QED) is 0.870. The third-order valence-electron chi connectivity index (χ3n) is 2.41. The summed E-state index contributed by atoms with van der Waals surface area (Å²) in [4.78, 5) is 1.20. The van der Waals surface area contributed by atoms with Crippen LogP contribution >= 0.6 is 11.3 Å². The van der Waals surface area contributed by atoms with Gasteiger partial charge < -0.3 is 10.3 Å². The third kappa shape index (κ3) is 1.74. The van der Waals surface area contributed by atoms with Gasteiger partial charge in [-0.3, -0.25) is 0 Å². The first-order chi connectivity index (χ1) is 7.13. The first kappa shape index (κ1) is 10.5. The molecule has 0 saturated heterocycles. The predicted molar refractivity (Wildman–Crippen MR) is 64.2 cm³/mol. The summed E-state index contributed by atoms with van der Waals surface area (Å²) >= 11 is 1.72. The van der Waals surface area contributed by atoms with Crippen molar-refractivity contribution in [1.82, 2.24) is 5.16 Å². The molecular formula is C11H16N2OS. The fourth-order valence-corrected chi connectivity index (χ4v) is 2.75. The van der Waals surface area contributed by atoms with Crippen molar-refractivity contribution >= 4 is 27.3 Å². The van der Waals surface area contributed by atoms with Crippen LogP contribution < -0.4 is 5.73 Å². The topological polar surface area (TPSA) is 52.0 Å². The molecule has 0 radical (unpaired) electrons. The van der Waals surface area contributed by atoms with Crippen LogP contribution in [0.3, 0.4) is 0 Å². The van der Waals surface area contributed by atoms with E-state index in [9.17, 15) is 0 Å². The van der Waals surface area contributed by atoms with Crippen LogP contribution in [-0.2, 0) is 12.8 Å². The van der Waals surface area contributed by atoms with Gasteiger partial charge in [0.05, 0.1) is 10.4 Å². The van der Waals surface area contributed by atoms with Gasteiger partial charge in [0.25, 0.3) is 0 Å². The van der Waals surface area contributed by atoms with Gasteiger partial charge in [-0.2, -0.15) is 0 Å². The maximum Gasteiger partial charge on any atom is 0.201 e. The van der Waals surface area contributed by atoms with Crippen LogP contribution in [0.1, 0.15) is 31.3 Å². The Morgan fingerprint density at radius 3 is 2.80 bits per heavy atom. The molecule has 15 heavy (non-hydrogen) atoms. The molecule has 0 amide bonds. The van der Waals surface area contributed by atoms with Crippen LogP contribution in [0, 0.1) is 5.92 Å². The Balaban J connectivity index is 2.49. The Bertz CT molecular complexity index is 470. The van der Waals surface area contributed by atoms with Gasteiger partial charge in [-0.15, -0.1) is 11.3 Å². The number of nitrogens with zero attached hydrogens (tertiary/aromatic N) is 1. The number of hydrogen-bond acceptors (Lipinski definition) is 4. The molecule has 0 saturated carbocycles. The summed E-state index contributed by atoms with van der Waals surface area (Å²) in [6.45, 7) is 6.47. The minimum atomic E-state index is 0.590. The summed E-state index contributed by atoms with van der Waals surface area (Å²) in [5.41, 5.74) is 8.59. The van der Waals surface area contributed by atoms with Crippen LogP contribution in [0.5, 0.6) is 0 Å². The number of nitrogens with two attached hydrogens (primary N) is 1. The molecule has 82 valence electrons. The Hall–Kier alpha value is -1.03. The van der Waals surface area contributed by atoms with Gasteiger partial charge in [-0.1, -0.05) is 25.9 Å². The smallest absolute Gasteiger partial charge is 0.201 e. The lowest BCUT2D eigenvalue weighted by Crippen LogP contribution is -1.93. The highest BCUT2D eigenvalue weighted by molar-refractivity contribution is 7.19. The fraction of sp³-hybridized carbons (Fsp3) is 0.545. The van der Waals surface area contributed by atoms with E-state index < -0.39 is 0 Å². The van der Waals surface area contributed by atoms with E-state index in [0.717, 1.165) is 34.5 Å². The lowest BCUT2D eigenvalue weighted by molar-refractivity contribution is 0.440. The second-order valence-electron chi connectivity index (χ2n) is 4.18. The normalized spacial score (nSPS) is 11.7. The maximum absolute atomic E-state index is 5.97. The van der Waals surface area contributed by atoms with E-state index in [4.69, 9.17) is 10.3 Å². The number of thiophene rings is 1. The first-order valence-electron chi connectivity index (χ1n) is 5.28. The molecule has 0 aliphatic carbocycles. The summed E-state index contributed by atoms with van der Waals surface area (Å²) in [6.07, 6.45) is 1.91. The highest BCUT2D eigenvalue weighted by Crippen LogP contribution is 2.36. The van der Waals surface area contributed by atoms with E-state index in [1.54, 1.807) is 11.3 Å². The van der Waals surface area contributed by atoms with Gasteiger partial charge in [0.15, 0.2) is 0 Å². The molecule has 0 fully saturated rings. The molecule has 2 heterocycles. The molecule has 2 aromatic rings. The molecule has 0 bridgehead atoms. The Morgan fingerprint density at radius 1 is 1.47 bits per heavy atom. The molecular weight excluding hydrogens is 208 g/mol. The summed E-state index contributed by atoms with van der Waals surface area (Å²) in [6, 6.07) is 0. The van der Waals surface area contributed by atoms with Gasteiger partial charge >= 0.3 is 0 Å². The molecule has 2 rings (SSSR count). The number of rotatable bonds is 3. The standard InChI is InChI=1S/C11H16N2OS/c1-4-8-9(12)10-11(15-8)7(13-14-10)5-6(2)3/h6H,4-5,12H2,1-3H3. The molecule has 0 spiro atoms. The molecule has 0 atom stereocenters. The zero-order chi connectivity index (χ0) is 11.0. The summed E-state index contributed by atoms with van der Waals surface area (Å²) in [7, 11) is 0. The number of fused-ring (bicyclic) bond motifs is 1. The van der Waals surface area contributed by atoms with Crippen LogP contribution in [-0.4, -0.2) is 5.16 Å². The van der Waals surface area contributed by atoms with Gasteiger partial charge in [0, 0.05) is 4.88 Å². The lowest BCUT2D eigenvalue weighted by atomic mass is 10.1. The van der Waals surface area contributed by atoms with E-state index in [2.05, 4.69) is 25.9 Å². The molecule has 0 unspecified atom stereocenters. The lowest BCUT2D eigenvalue weighted by Gasteiger charge is -1.98. The molecule has 0 aliphatic rings. The van der Waals surface area contributed by atoms with Crippen LogP contribution in [0.15, 0.2) is 4.52 Å². The van der Waals surface area contributed by atoms with E-state index >= 15 is 0 Å². The average molecular weight is 224 g/mol. The Kier molecular flexibility index (Phi) is 2.69. The van der Waals surface area contributed by atoms with Crippen molar-refractivity contribution in [1.29, 1.82) is 0 Å². The zero-order valence-electron chi connectivity index (χ0n) is 9.33. The third-order valence-corrected chi connectivity index (χ3v) is 3.79. The summed E-state index contributed by atoms with van der Waals surface area (Å²) < 4.78 is 6.44. The van der Waals surface area contributed by atoms with Gasteiger partial charge in [-0.25, -0.2) is 0 Å². The van der Waals surface area contributed by atoms with Crippen molar-refractivity contribution in [3.8, 4) is 0 Å². The van der Waals surface area contributed by atoms with Gasteiger partial charge in [0.1, 0.15) is 5.69 Å². The summed E-state index contributed by atoms with van der Waals surface area (Å²) in [5, 5.41) is 4.09. The average Bonchev–Trinajstić information content (AvgIpc) is 2.68. The van der Waals surface area contributed by atoms with Crippen molar-refractivity contribution < 1.29 is 4.52 Å². The first-order valence-corrected chi connectivity index (χ1v) is 6.10. The molecule has 2 N–H and O–H groups in total. The minimum absolute atomic E-state index is 0.590. The van der Waals surface area contributed by atoms with Crippen molar-refractivity contribution in [2.24, 2.45) is 5.92 Å². The largest absolute Gasteiger partial charge is 0.395 e. The Labute approximate surface area is 93.2 Å². The SMILES string of the molecule is CCc1sc2c(CC(C)C)noc2c1N. The second-order valence-corrected chi connectivity index (χ2v) is 5.28. The van der Waals surface area contributed by atoms with E-state index in [1.165, 1.54) is 4.88 Å². The molecule has 0 aliphatic heterocycles. The van der Waals surface area contributed by atoms with Crippen LogP contribution in [0.25, 0.3) is 10.3 Å². The maximum atomic E-state index is 5.97. The predicted octanol–water partition coefficient (Wildman–Crippen LogP) is 3.23. The van der Waals surface area contributed by atoms with Crippen molar-refractivity contribution in [2.75, 3.05) is 5.73 Å². The Morgan fingerprint density at radius 2 is 2.20 bits per heavy atom. The van der Waals surface area contributed by atoms with Crippen molar-refractivity contribution in [3.05, 3.63) is 10.6 Å².